The summed E-state index contributed by atoms with van der Waals surface area (Å²) in [7, 11) is 0. The molecule has 0 N–H and O–H groups in total. The van der Waals surface area contributed by atoms with Gasteiger partial charge in [-0.15, -0.1) is 11.8 Å². The Balaban J connectivity index is 2.77. The van der Waals surface area contributed by atoms with Gasteiger partial charge in [0, 0.05) is 12.8 Å². The average molecular weight is 230 g/mol. The van der Waals surface area contributed by atoms with Gasteiger partial charge in [-0.1, -0.05) is 13.0 Å². The number of hydrogen-bond donors (Lipinski definition) is 0. The molecule has 1 heteroatoms. The first-order valence-electron chi connectivity index (χ1n) is 6.37. The van der Waals surface area contributed by atoms with E-state index in [1.807, 2.05) is 6.92 Å². The third-order valence-corrected chi connectivity index (χ3v) is 2.75. The Bertz CT molecular complexity index is 421. The molecule has 0 spiro atoms. The highest BCUT2D eigenvalue weighted by Gasteiger charge is 2.04. The second-order valence-electron chi connectivity index (χ2n) is 4.18. The summed E-state index contributed by atoms with van der Waals surface area (Å²) in [5.41, 5.74) is 3.91. The van der Waals surface area contributed by atoms with Gasteiger partial charge in [0.05, 0.1) is 6.61 Å². The van der Waals surface area contributed by atoms with E-state index >= 15 is 0 Å². The van der Waals surface area contributed by atoms with Crippen LogP contribution in [0.15, 0.2) is 12.1 Å². The van der Waals surface area contributed by atoms with Crippen molar-refractivity contribution >= 4 is 0 Å². The Morgan fingerprint density at radius 1 is 1.06 bits per heavy atom. The minimum absolute atomic E-state index is 0.724. The number of benzene rings is 1. The second-order valence-corrected chi connectivity index (χ2v) is 4.18. The molecule has 0 radical (unpaired) electrons. The molecule has 0 aromatic heterocycles. The van der Waals surface area contributed by atoms with Crippen molar-refractivity contribution in [2.24, 2.45) is 0 Å². The van der Waals surface area contributed by atoms with Gasteiger partial charge in [0.2, 0.25) is 0 Å². The third kappa shape index (κ3) is 4.15. The molecule has 1 rings (SSSR count). The first kappa shape index (κ1) is 13.6. The van der Waals surface area contributed by atoms with Crippen molar-refractivity contribution < 1.29 is 4.74 Å². The van der Waals surface area contributed by atoms with Crippen LogP contribution in [0.25, 0.3) is 0 Å². The smallest absolute Gasteiger partial charge is 0.122 e. The van der Waals surface area contributed by atoms with E-state index in [9.17, 15) is 0 Å². The van der Waals surface area contributed by atoms with Crippen LogP contribution in [0.1, 0.15) is 43.4 Å². The van der Waals surface area contributed by atoms with E-state index in [1.54, 1.807) is 0 Å². The molecule has 0 heterocycles. The van der Waals surface area contributed by atoms with E-state index in [2.05, 4.69) is 44.7 Å². The lowest BCUT2D eigenvalue weighted by atomic mass is 10.0. The van der Waals surface area contributed by atoms with E-state index in [-0.39, 0.29) is 0 Å². The van der Waals surface area contributed by atoms with E-state index in [1.165, 1.54) is 16.7 Å². The Labute approximate surface area is 105 Å². The number of ether oxygens (including phenoxy) is 1. The maximum atomic E-state index is 5.59. The summed E-state index contributed by atoms with van der Waals surface area (Å²) in [6.07, 6.45) is 2.93. The van der Waals surface area contributed by atoms with Gasteiger partial charge in [0.25, 0.3) is 0 Å². The predicted octanol–water partition coefficient (Wildman–Crippen LogP) is 4.05. The van der Waals surface area contributed by atoms with Crippen molar-refractivity contribution in [3.63, 3.8) is 0 Å². The Morgan fingerprint density at radius 2 is 1.82 bits per heavy atom. The van der Waals surface area contributed by atoms with Gasteiger partial charge >= 0.3 is 0 Å². The molecule has 0 bridgehead atoms. The summed E-state index contributed by atoms with van der Waals surface area (Å²) in [5.74, 6) is 7.31. The van der Waals surface area contributed by atoms with Crippen LogP contribution in [0.3, 0.4) is 0 Å². The van der Waals surface area contributed by atoms with Crippen LogP contribution in [0.5, 0.6) is 5.75 Å². The molecule has 0 saturated heterocycles. The normalized spacial score (nSPS) is 9.65. The fraction of sp³-hybridized carbons (Fsp3) is 0.500. The molecule has 0 unspecified atom stereocenters. The highest BCUT2D eigenvalue weighted by molar-refractivity contribution is 5.41. The summed E-state index contributed by atoms with van der Waals surface area (Å²) < 4.78 is 5.59. The molecule has 1 aromatic rings. The summed E-state index contributed by atoms with van der Waals surface area (Å²) in [5, 5.41) is 0. The number of aryl methyl sites for hydroxylation is 3. The molecular formula is C16H22O. The van der Waals surface area contributed by atoms with Gasteiger partial charge in [0.15, 0.2) is 0 Å². The van der Waals surface area contributed by atoms with Crippen molar-refractivity contribution in [1.82, 2.24) is 0 Å². The average Bonchev–Trinajstić information content (AvgIpc) is 2.30. The molecular weight excluding hydrogens is 208 g/mol. The van der Waals surface area contributed by atoms with Gasteiger partial charge in [-0.25, -0.2) is 0 Å². The van der Waals surface area contributed by atoms with Gasteiger partial charge in [-0.05, 0) is 49.9 Å². The fourth-order valence-electron chi connectivity index (χ4n) is 1.84. The van der Waals surface area contributed by atoms with Crippen LogP contribution < -0.4 is 4.74 Å². The van der Waals surface area contributed by atoms with Crippen LogP contribution >= 0.6 is 0 Å². The molecule has 0 fully saturated rings. The van der Waals surface area contributed by atoms with E-state index in [4.69, 9.17) is 4.74 Å². The van der Waals surface area contributed by atoms with Crippen molar-refractivity contribution in [1.29, 1.82) is 0 Å². The maximum absolute atomic E-state index is 5.59. The Hall–Kier alpha value is -1.42. The molecule has 0 amide bonds. The van der Waals surface area contributed by atoms with Gasteiger partial charge in [0.1, 0.15) is 5.75 Å². The minimum Gasteiger partial charge on any atom is -0.494 e. The largest absolute Gasteiger partial charge is 0.494 e. The van der Waals surface area contributed by atoms with E-state index < -0.39 is 0 Å². The molecule has 92 valence electrons. The summed E-state index contributed by atoms with van der Waals surface area (Å²) >= 11 is 0. The van der Waals surface area contributed by atoms with E-state index in [0.29, 0.717) is 0 Å². The topological polar surface area (TPSA) is 9.23 Å². The summed E-state index contributed by atoms with van der Waals surface area (Å²) in [6, 6.07) is 4.37. The first-order valence-corrected chi connectivity index (χ1v) is 6.37. The van der Waals surface area contributed by atoms with Crippen LogP contribution in [0.4, 0.5) is 0 Å². The Kier molecular flexibility index (Phi) is 5.63. The molecule has 17 heavy (non-hydrogen) atoms. The molecule has 1 aromatic carbocycles. The fourth-order valence-corrected chi connectivity index (χ4v) is 1.84. The third-order valence-electron chi connectivity index (χ3n) is 2.75. The second kappa shape index (κ2) is 7.01. The lowest BCUT2D eigenvalue weighted by Crippen LogP contribution is -1.97. The van der Waals surface area contributed by atoms with Crippen molar-refractivity contribution in [3.8, 4) is 17.6 Å². The molecule has 1 nitrogen and oxygen atoms in total. The molecule has 0 aliphatic rings. The highest BCUT2D eigenvalue weighted by atomic mass is 16.5. The lowest BCUT2D eigenvalue weighted by molar-refractivity contribution is 0.337. The van der Waals surface area contributed by atoms with Crippen LogP contribution in [0.2, 0.25) is 0 Å². The SMILES string of the molecule is CCC#CCCc1cc(C)c(OCC)cc1C. The predicted molar refractivity (Wildman–Crippen MR) is 73.5 cm³/mol. The van der Waals surface area contributed by atoms with Gasteiger partial charge < -0.3 is 4.74 Å². The number of rotatable bonds is 4. The zero-order valence-electron chi connectivity index (χ0n) is 11.4. The van der Waals surface area contributed by atoms with Crippen molar-refractivity contribution in [3.05, 3.63) is 28.8 Å². The molecule has 0 aliphatic carbocycles. The molecule has 0 atom stereocenters. The monoisotopic (exact) mass is 230 g/mol. The zero-order valence-corrected chi connectivity index (χ0v) is 11.4. The van der Waals surface area contributed by atoms with Gasteiger partial charge in [-0.3, -0.25) is 0 Å². The maximum Gasteiger partial charge on any atom is 0.122 e. The zero-order chi connectivity index (χ0) is 12.7. The lowest BCUT2D eigenvalue weighted by Gasteiger charge is -2.11. The molecule has 0 aliphatic heterocycles. The summed E-state index contributed by atoms with van der Waals surface area (Å²) in [4.78, 5) is 0. The number of hydrogen-bond acceptors (Lipinski definition) is 1. The quantitative estimate of drug-likeness (QED) is 0.709. The standard InChI is InChI=1S/C16H22O/c1-5-7-8-9-10-15-11-14(4)16(17-6-2)12-13(15)3/h11-12H,5-6,9-10H2,1-4H3. The molecule has 0 saturated carbocycles. The van der Waals surface area contributed by atoms with Crippen LogP contribution in [-0.2, 0) is 6.42 Å². The van der Waals surface area contributed by atoms with Crippen LogP contribution in [0, 0.1) is 25.7 Å². The highest BCUT2D eigenvalue weighted by Crippen LogP contribution is 2.23. The van der Waals surface area contributed by atoms with Crippen molar-refractivity contribution in [2.75, 3.05) is 6.61 Å². The van der Waals surface area contributed by atoms with Gasteiger partial charge in [-0.2, -0.15) is 0 Å². The van der Waals surface area contributed by atoms with Crippen LogP contribution in [-0.4, -0.2) is 6.61 Å². The van der Waals surface area contributed by atoms with Crippen molar-refractivity contribution in [2.45, 2.75) is 47.0 Å². The van der Waals surface area contributed by atoms with E-state index in [0.717, 1.165) is 31.6 Å². The minimum atomic E-state index is 0.724. The Morgan fingerprint density at radius 3 is 2.47 bits per heavy atom. The summed E-state index contributed by atoms with van der Waals surface area (Å²) in [6.45, 7) is 9.07. The first-order chi connectivity index (χ1) is 8.19.